The van der Waals surface area contributed by atoms with E-state index in [4.69, 9.17) is 9.39 Å². The SMILES string of the molecule is O=C(c1ccccc1)N1N=CC=C2C=COC3=C2B1OCC3. The van der Waals surface area contributed by atoms with E-state index in [2.05, 4.69) is 5.10 Å². The molecule has 1 aromatic rings. The number of carbonyl (C=O) groups excluding carboxylic acids is 1. The lowest BCUT2D eigenvalue weighted by atomic mass is 9.65. The van der Waals surface area contributed by atoms with E-state index in [1.807, 2.05) is 30.4 Å². The second-order valence-corrected chi connectivity index (χ2v) is 5.13. The summed E-state index contributed by atoms with van der Waals surface area (Å²) in [4.78, 5) is 14.1. The molecule has 0 saturated carbocycles. The van der Waals surface area contributed by atoms with Crippen LogP contribution in [-0.4, -0.2) is 30.7 Å². The smallest absolute Gasteiger partial charge is 0.470 e. The number of hydrogen-bond acceptors (Lipinski definition) is 4. The predicted octanol–water partition coefficient (Wildman–Crippen LogP) is 2.30. The molecule has 3 heterocycles. The molecule has 1 aromatic carbocycles. The number of benzene rings is 1. The average molecular weight is 292 g/mol. The van der Waals surface area contributed by atoms with Crippen molar-refractivity contribution < 1.29 is 14.2 Å². The van der Waals surface area contributed by atoms with Gasteiger partial charge in [0, 0.05) is 30.3 Å². The molecule has 0 spiro atoms. The van der Waals surface area contributed by atoms with Crippen molar-refractivity contribution in [2.24, 2.45) is 5.10 Å². The lowest BCUT2D eigenvalue weighted by Gasteiger charge is -2.31. The highest BCUT2D eigenvalue weighted by molar-refractivity contribution is 6.62. The van der Waals surface area contributed by atoms with Crippen LogP contribution in [0.3, 0.4) is 0 Å². The van der Waals surface area contributed by atoms with Crippen molar-refractivity contribution in [1.82, 2.24) is 4.92 Å². The Hall–Kier alpha value is -2.60. The summed E-state index contributed by atoms with van der Waals surface area (Å²) in [6.07, 6.45) is 7.71. The summed E-state index contributed by atoms with van der Waals surface area (Å²) in [7, 11) is -0.550. The fourth-order valence-corrected chi connectivity index (χ4v) is 2.78. The first-order chi connectivity index (χ1) is 10.8. The summed E-state index contributed by atoms with van der Waals surface area (Å²) in [5.41, 5.74) is 2.43. The largest absolute Gasteiger partial charge is 0.480 e. The van der Waals surface area contributed by atoms with Gasteiger partial charge in [-0.3, -0.25) is 4.79 Å². The summed E-state index contributed by atoms with van der Waals surface area (Å²) in [6.45, 7) is 0.499. The van der Waals surface area contributed by atoms with Crippen molar-refractivity contribution in [3.8, 4) is 0 Å². The van der Waals surface area contributed by atoms with E-state index in [1.54, 1.807) is 24.6 Å². The zero-order valence-electron chi connectivity index (χ0n) is 11.8. The summed E-state index contributed by atoms with van der Waals surface area (Å²) in [5, 5.41) is 4.28. The molecule has 5 nitrogen and oxygen atoms in total. The second-order valence-electron chi connectivity index (χ2n) is 5.13. The standard InChI is InChI=1S/C16H13BN2O3/c20-16(13-4-2-1-3-5-13)19-17-15-12(6-9-18-19)7-10-21-14(15)8-11-22-17/h1-7,9-10H,8,11H2. The molecule has 0 atom stereocenters. The zero-order valence-corrected chi connectivity index (χ0v) is 11.8. The van der Waals surface area contributed by atoms with E-state index in [0.29, 0.717) is 18.6 Å². The first-order valence-electron chi connectivity index (χ1n) is 7.16. The highest BCUT2D eigenvalue weighted by Crippen LogP contribution is 2.33. The third-order valence-corrected chi connectivity index (χ3v) is 3.82. The van der Waals surface area contributed by atoms with Crippen molar-refractivity contribution in [1.29, 1.82) is 0 Å². The van der Waals surface area contributed by atoms with Gasteiger partial charge in [-0.05, 0) is 29.9 Å². The van der Waals surface area contributed by atoms with Crippen molar-refractivity contribution >= 4 is 19.2 Å². The number of ether oxygens (including phenoxy) is 1. The molecule has 0 bridgehead atoms. The summed E-state index contributed by atoms with van der Waals surface area (Å²) in [6, 6.07) is 9.08. The van der Waals surface area contributed by atoms with Gasteiger partial charge in [0.05, 0.1) is 6.26 Å². The Bertz CT molecular complexity index is 737. The van der Waals surface area contributed by atoms with Gasteiger partial charge in [0.2, 0.25) is 0 Å². The molecule has 4 rings (SSSR count). The minimum atomic E-state index is -0.550. The maximum Gasteiger partial charge on any atom is 0.480 e. The van der Waals surface area contributed by atoms with Crippen LogP contribution in [0.5, 0.6) is 0 Å². The third kappa shape index (κ3) is 2.08. The molecule has 6 heteroatoms. The topological polar surface area (TPSA) is 51.1 Å². The highest BCUT2D eigenvalue weighted by Gasteiger charge is 2.42. The quantitative estimate of drug-likeness (QED) is 0.746. The van der Waals surface area contributed by atoms with E-state index in [-0.39, 0.29) is 5.91 Å². The van der Waals surface area contributed by atoms with E-state index in [0.717, 1.165) is 16.8 Å². The van der Waals surface area contributed by atoms with Gasteiger partial charge < -0.3 is 9.39 Å². The maximum absolute atomic E-state index is 12.8. The van der Waals surface area contributed by atoms with Gasteiger partial charge >= 0.3 is 7.05 Å². The maximum atomic E-state index is 12.8. The number of allylic oxidation sites excluding steroid dienone is 4. The molecule has 3 aliphatic rings. The third-order valence-electron chi connectivity index (χ3n) is 3.82. The number of hydrogen-bond donors (Lipinski definition) is 0. The number of nitrogens with zero attached hydrogens (tertiary/aromatic N) is 2. The number of hydrazone groups is 1. The molecule has 0 N–H and O–H groups in total. The van der Waals surface area contributed by atoms with Crippen molar-refractivity contribution in [2.45, 2.75) is 6.42 Å². The summed E-state index contributed by atoms with van der Waals surface area (Å²) in [5.74, 6) is 0.654. The Morgan fingerprint density at radius 3 is 3.00 bits per heavy atom. The summed E-state index contributed by atoms with van der Waals surface area (Å²) >= 11 is 0. The summed E-state index contributed by atoms with van der Waals surface area (Å²) < 4.78 is 11.4. The van der Waals surface area contributed by atoms with E-state index in [1.165, 1.54) is 4.92 Å². The number of amides is 1. The fraction of sp³-hybridized carbons (Fsp3) is 0.125. The molecule has 108 valence electrons. The highest BCUT2D eigenvalue weighted by atomic mass is 16.5. The van der Waals surface area contributed by atoms with Crippen LogP contribution in [0.4, 0.5) is 0 Å². The Labute approximate surface area is 128 Å². The predicted molar refractivity (Wildman–Crippen MR) is 82.8 cm³/mol. The molecular weight excluding hydrogens is 279 g/mol. The van der Waals surface area contributed by atoms with Crippen LogP contribution in [-0.2, 0) is 9.39 Å². The molecule has 22 heavy (non-hydrogen) atoms. The Morgan fingerprint density at radius 1 is 1.27 bits per heavy atom. The first-order valence-corrected chi connectivity index (χ1v) is 7.16. The lowest BCUT2D eigenvalue weighted by molar-refractivity contribution is 0.0830. The van der Waals surface area contributed by atoms with Crippen LogP contribution in [0.15, 0.2) is 70.7 Å². The zero-order chi connectivity index (χ0) is 14.9. The van der Waals surface area contributed by atoms with Crippen molar-refractivity contribution in [3.05, 3.63) is 71.1 Å². The van der Waals surface area contributed by atoms with Gasteiger partial charge in [0.15, 0.2) is 0 Å². The van der Waals surface area contributed by atoms with Gasteiger partial charge in [-0.1, -0.05) is 18.2 Å². The van der Waals surface area contributed by atoms with Gasteiger partial charge in [0.25, 0.3) is 5.91 Å². The van der Waals surface area contributed by atoms with Crippen LogP contribution in [0.25, 0.3) is 0 Å². The van der Waals surface area contributed by atoms with Crippen LogP contribution < -0.4 is 0 Å². The first kappa shape index (κ1) is 13.1. The monoisotopic (exact) mass is 292 g/mol. The van der Waals surface area contributed by atoms with Crippen LogP contribution in [0, 0.1) is 0 Å². The molecule has 0 radical (unpaired) electrons. The van der Waals surface area contributed by atoms with E-state index in [9.17, 15) is 4.79 Å². The molecule has 0 aromatic heterocycles. The van der Waals surface area contributed by atoms with Gasteiger partial charge in [0.1, 0.15) is 5.76 Å². The Morgan fingerprint density at radius 2 is 2.14 bits per heavy atom. The van der Waals surface area contributed by atoms with Crippen LogP contribution in [0.1, 0.15) is 16.8 Å². The minimum absolute atomic E-state index is 0.195. The van der Waals surface area contributed by atoms with Gasteiger partial charge in [-0.15, -0.1) is 0 Å². The molecule has 1 amide bonds. The Kier molecular flexibility index (Phi) is 3.16. The van der Waals surface area contributed by atoms with Crippen molar-refractivity contribution in [2.75, 3.05) is 6.61 Å². The number of rotatable bonds is 1. The lowest BCUT2D eigenvalue weighted by Crippen LogP contribution is -2.46. The molecule has 3 aliphatic heterocycles. The average Bonchev–Trinajstić information content (AvgIpc) is 2.77. The Balaban J connectivity index is 1.75. The van der Waals surface area contributed by atoms with Crippen LogP contribution in [0.2, 0.25) is 0 Å². The molecule has 0 aliphatic carbocycles. The molecular formula is C16H13BN2O3. The van der Waals surface area contributed by atoms with Crippen LogP contribution >= 0.6 is 0 Å². The number of carbonyl (C=O) groups is 1. The molecule has 0 fully saturated rings. The fourth-order valence-electron chi connectivity index (χ4n) is 2.78. The molecule has 0 unspecified atom stereocenters. The van der Waals surface area contributed by atoms with Gasteiger partial charge in [-0.25, -0.2) is 4.92 Å². The van der Waals surface area contributed by atoms with E-state index < -0.39 is 7.05 Å². The minimum Gasteiger partial charge on any atom is -0.470 e. The van der Waals surface area contributed by atoms with Crippen molar-refractivity contribution in [3.63, 3.8) is 0 Å². The van der Waals surface area contributed by atoms with Gasteiger partial charge in [-0.2, -0.15) is 5.10 Å². The normalized spacial score (nSPS) is 19.4. The molecule has 0 saturated heterocycles. The second kappa shape index (κ2) is 5.31. The van der Waals surface area contributed by atoms with E-state index >= 15 is 0 Å².